The Bertz CT molecular complexity index is 1250. The molecule has 0 unspecified atom stereocenters. The van der Waals surface area contributed by atoms with Crippen molar-refractivity contribution in [1.29, 1.82) is 0 Å². The van der Waals surface area contributed by atoms with Gasteiger partial charge < -0.3 is 14.8 Å². The Hall–Kier alpha value is -3.36. The number of anilines is 1. The lowest BCUT2D eigenvalue weighted by Gasteiger charge is -2.13. The van der Waals surface area contributed by atoms with E-state index in [4.69, 9.17) is 21.1 Å². The van der Waals surface area contributed by atoms with E-state index in [1.165, 1.54) is 13.3 Å². The standard InChI is InChI=1S/C25H23BrClN3O4/c1-15-7-8-20(9-16(15)2)29-24(31)25(32)30-28-13-18-11-21(26)23(22(12-18)33-3)34-14-17-5-4-6-19(27)10-17/h4-13H,14H2,1-3H3,(H,29,31)(H,30,32). The number of amides is 2. The molecule has 3 aromatic carbocycles. The maximum Gasteiger partial charge on any atom is 0.329 e. The minimum atomic E-state index is -0.887. The number of hydrazone groups is 1. The van der Waals surface area contributed by atoms with E-state index in [0.717, 1.165) is 16.7 Å². The summed E-state index contributed by atoms with van der Waals surface area (Å²) < 4.78 is 12.0. The third-order valence-corrected chi connectivity index (χ3v) is 5.70. The smallest absolute Gasteiger partial charge is 0.329 e. The normalized spacial score (nSPS) is 10.7. The summed E-state index contributed by atoms with van der Waals surface area (Å²) in [5, 5.41) is 7.04. The molecule has 0 atom stereocenters. The minimum absolute atomic E-state index is 0.300. The molecule has 2 amide bonds. The van der Waals surface area contributed by atoms with Crippen LogP contribution in [0.15, 0.2) is 64.2 Å². The van der Waals surface area contributed by atoms with Crippen LogP contribution >= 0.6 is 27.5 Å². The van der Waals surface area contributed by atoms with Crippen LogP contribution < -0.4 is 20.2 Å². The molecule has 0 saturated carbocycles. The summed E-state index contributed by atoms with van der Waals surface area (Å²) in [6.45, 7) is 4.19. The quantitative estimate of drug-likeness (QED) is 0.237. The van der Waals surface area contributed by atoms with Crippen molar-refractivity contribution in [2.24, 2.45) is 5.10 Å². The van der Waals surface area contributed by atoms with Crippen molar-refractivity contribution in [3.05, 3.63) is 86.3 Å². The molecule has 0 fully saturated rings. The van der Waals surface area contributed by atoms with Gasteiger partial charge in [0.15, 0.2) is 11.5 Å². The largest absolute Gasteiger partial charge is 0.493 e. The number of nitrogens with one attached hydrogen (secondary N) is 2. The highest BCUT2D eigenvalue weighted by molar-refractivity contribution is 9.10. The van der Waals surface area contributed by atoms with Crippen LogP contribution in [-0.2, 0) is 16.2 Å². The van der Waals surface area contributed by atoms with Gasteiger partial charge in [0, 0.05) is 10.7 Å². The molecule has 0 spiro atoms. The summed E-state index contributed by atoms with van der Waals surface area (Å²) in [4.78, 5) is 24.2. The number of methoxy groups -OCH3 is 1. The van der Waals surface area contributed by atoms with E-state index < -0.39 is 11.8 Å². The number of carbonyl (C=O) groups excluding carboxylic acids is 2. The molecule has 2 N–H and O–H groups in total. The first-order chi connectivity index (χ1) is 16.3. The van der Waals surface area contributed by atoms with Gasteiger partial charge in [0.1, 0.15) is 6.61 Å². The van der Waals surface area contributed by atoms with Gasteiger partial charge in [0.25, 0.3) is 0 Å². The maximum absolute atomic E-state index is 12.1. The lowest BCUT2D eigenvalue weighted by atomic mass is 10.1. The summed E-state index contributed by atoms with van der Waals surface area (Å²) in [7, 11) is 1.52. The molecule has 3 aromatic rings. The Kier molecular flexibility index (Phi) is 8.67. The van der Waals surface area contributed by atoms with Gasteiger partial charge in [-0.15, -0.1) is 0 Å². The molecular formula is C25H23BrClN3O4. The van der Waals surface area contributed by atoms with E-state index in [1.807, 2.05) is 38.1 Å². The lowest BCUT2D eigenvalue weighted by molar-refractivity contribution is -0.136. The number of rotatable bonds is 7. The fourth-order valence-corrected chi connectivity index (χ4v) is 3.75. The molecule has 0 saturated heterocycles. The van der Waals surface area contributed by atoms with Crippen LogP contribution in [0.25, 0.3) is 0 Å². The molecule has 0 aliphatic rings. The monoisotopic (exact) mass is 543 g/mol. The fraction of sp³-hybridized carbons (Fsp3) is 0.160. The average molecular weight is 545 g/mol. The summed E-state index contributed by atoms with van der Waals surface area (Å²) in [5.74, 6) is -0.723. The zero-order valence-electron chi connectivity index (χ0n) is 18.8. The number of hydrogen-bond acceptors (Lipinski definition) is 5. The van der Waals surface area contributed by atoms with E-state index in [-0.39, 0.29) is 0 Å². The first-order valence-corrected chi connectivity index (χ1v) is 11.4. The first kappa shape index (κ1) is 25.3. The van der Waals surface area contributed by atoms with Crippen LogP contribution in [0.1, 0.15) is 22.3 Å². The van der Waals surface area contributed by atoms with Crippen LogP contribution in [0.5, 0.6) is 11.5 Å². The molecule has 7 nitrogen and oxygen atoms in total. The van der Waals surface area contributed by atoms with Gasteiger partial charge in [-0.05, 0) is 88.4 Å². The molecule has 176 valence electrons. The first-order valence-electron chi connectivity index (χ1n) is 10.2. The van der Waals surface area contributed by atoms with Crippen molar-refractivity contribution in [2.45, 2.75) is 20.5 Å². The predicted octanol–water partition coefficient (Wildman–Crippen LogP) is 5.40. The Morgan fingerprint density at radius 2 is 1.85 bits per heavy atom. The Morgan fingerprint density at radius 1 is 1.06 bits per heavy atom. The van der Waals surface area contributed by atoms with Crippen molar-refractivity contribution in [3.8, 4) is 11.5 Å². The Morgan fingerprint density at radius 3 is 2.56 bits per heavy atom. The van der Waals surface area contributed by atoms with Crippen molar-refractivity contribution in [3.63, 3.8) is 0 Å². The summed E-state index contributed by atoms with van der Waals surface area (Å²) in [6, 6.07) is 16.2. The average Bonchev–Trinajstić information content (AvgIpc) is 2.80. The van der Waals surface area contributed by atoms with E-state index in [2.05, 4.69) is 31.8 Å². The van der Waals surface area contributed by atoms with Gasteiger partial charge in [-0.2, -0.15) is 5.10 Å². The van der Waals surface area contributed by atoms with Gasteiger partial charge in [-0.3, -0.25) is 9.59 Å². The van der Waals surface area contributed by atoms with Crippen LogP contribution in [0.3, 0.4) is 0 Å². The highest BCUT2D eigenvalue weighted by atomic mass is 79.9. The molecule has 0 aliphatic heterocycles. The Labute approximate surface area is 211 Å². The Balaban J connectivity index is 1.62. The number of aryl methyl sites for hydroxylation is 2. The molecule has 0 aliphatic carbocycles. The minimum Gasteiger partial charge on any atom is -0.493 e. The number of hydrogen-bond donors (Lipinski definition) is 2. The molecule has 0 aromatic heterocycles. The number of halogens is 2. The van der Waals surface area contributed by atoms with E-state index in [1.54, 1.807) is 30.3 Å². The van der Waals surface area contributed by atoms with Gasteiger partial charge >= 0.3 is 11.8 Å². The molecule has 34 heavy (non-hydrogen) atoms. The van der Waals surface area contributed by atoms with Gasteiger partial charge in [-0.1, -0.05) is 29.8 Å². The molecule has 3 rings (SSSR count). The van der Waals surface area contributed by atoms with Crippen LogP contribution in [0.2, 0.25) is 5.02 Å². The molecule has 0 heterocycles. The summed E-state index contributed by atoms with van der Waals surface area (Å²) in [5.41, 5.74) is 6.39. The second-order valence-corrected chi connectivity index (χ2v) is 8.70. The highest BCUT2D eigenvalue weighted by Crippen LogP contribution is 2.37. The van der Waals surface area contributed by atoms with Crippen molar-refractivity contribution in [1.82, 2.24) is 5.43 Å². The SMILES string of the molecule is COc1cc(C=NNC(=O)C(=O)Nc2ccc(C)c(C)c2)cc(Br)c1OCc1cccc(Cl)c1. The number of ether oxygens (including phenoxy) is 2. The molecular weight excluding hydrogens is 522 g/mol. The molecule has 0 radical (unpaired) electrons. The van der Waals surface area contributed by atoms with Gasteiger partial charge in [-0.25, -0.2) is 5.43 Å². The third-order valence-electron chi connectivity index (χ3n) is 4.87. The molecule has 0 bridgehead atoms. The summed E-state index contributed by atoms with van der Waals surface area (Å²) in [6.07, 6.45) is 1.40. The zero-order valence-corrected chi connectivity index (χ0v) is 21.2. The highest BCUT2D eigenvalue weighted by Gasteiger charge is 2.14. The van der Waals surface area contributed by atoms with E-state index >= 15 is 0 Å². The maximum atomic E-state index is 12.1. The van der Waals surface area contributed by atoms with Crippen molar-refractivity contribution >= 4 is 51.2 Å². The summed E-state index contributed by atoms with van der Waals surface area (Å²) >= 11 is 9.50. The van der Waals surface area contributed by atoms with Crippen LogP contribution in [0.4, 0.5) is 5.69 Å². The topological polar surface area (TPSA) is 89.0 Å². The van der Waals surface area contributed by atoms with Crippen molar-refractivity contribution in [2.75, 3.05) is 12.4 Å². The van der Waals surface area contributed by atoms with Crippen LogP contribution in [-0.4, -0.2) is 25.1 Å². The number of nitrogens with zero attached hydrogens (tertiary/aromatic N) is 1. The van der Waals surface area contributed by atoms with Gasteiger partial charge in [0.2, 0.25) is 0 Å². The lowest BCUT2D eigenvalue weighted by Crippen LogP contribution is -2.32. The fourth-order valence-electron chi connectivity index (χ4n) is 2.96. The van der Waals surface area contributed by atoms with Crippen molar-refractivity contribution < 1.29 is 19.1 Å². The number of carbonyl (C=O) groups is 2. The third kappa shape index (κ3) is 6.82. The number of benzene rings is 3. The second kappa shape index (κ2) is 11.7. The van der Waals surface area contributed by atoms with Crippen LogP contribution in [0, 0.1) is 13.8 Å². The van der Waals surface area contributed by atoms with Gasteiger partial charge in [0.05, 0.1) is 17.8 Å². The predicted molar refractivity (Wildman–Crippen MR) is 137 cm³/mol. The molecule has 9 heteroatoms. The van der Waals surface area contributed by atoms with E-state index in [9.17, 15) is 9.59 Å². The van der Waals surface area contributed by atoms with E-state index in [0.29, 0.717) is 38.9 Å². The zero-order chi connectivity index (χ0) is 24.7. The second-order valence-electron chi connectivity index (χ2n) is 7.40.